The number of ketones is 1. The zero-order valence-electron chi connectivity index (χ0n) is 21.5. The van der Waals surface area contributed by atoms with Gasteiger partial charge in [0.15, 0.2) is 11.4 Å². The molecular weight excluding hydrogens is 655 g/mol. The number of fused-ring (bicyclic) bond motifs is 4. The number of carbonyl (C=O) groups is 1. The van der Waals surface area contributed by atoms with Crippen molar-refractivity contribution in [2.24, 2.45) is 0 Å². The minimum Gasteiger partial charge on any atom is -0.512 e. The summed E-state index contributed by atoms with van der Waals surface area (Å²) in [5.74, 6) is 0.781. The number of aliphatic hydroxyl groups excluding tert-OH is 1. The van der Waals surface area contributed by atoms with Gasteiger partial charge in [-0.1, -0.05) is 53.4 Å². The van der Waals surface area contributed by atoms with Crippen molar-refractivity contribution in [1.82, 2.24) is 4.98 Å². The molecule has 6 heteroatoms. The van der Waals surface area contributed by atoms with Crippen LogP contribution in [-0.2, 0) is 24.9 Å². The Morgan fingerprint density at radius 3 is 2.32 bits per heavy atom. The zero-order chi connectivity index (χ0) is 26.1. The number of hydrogen-bond acceptors (Lipinski definition) is 5. The van der Waals surface area contributed by atoms with Crippen molar-refractivity contribution in [3.8, 4) is 22.6 Å². The number of aryl methyl sites for hydroxylation is 2. The Kier molecular flexibility index (Phi) is 7.96. The number of carbonyl (C=O) groups excluding carboxylic acids is 1. The fourth-order valence-corrected chi connectivity index (χ4v) is 4.56. The van der Waals surface area contributed by atoms with Gasteiger partial charge in [0, 0.05) is 43.2 Å². The SMILES string of the molecule is CC(=O)/C=C(/C)O.Cc1cccc(C)c1-c1cc2nc(-c3[c-]ccc4c3oc3ccccc34)ccc2o1.[Ir]. The number of nitrogens with zero attached hydrogens (tertiary/aromatic N) is 1. The molecule has 0 aliphatic heterocycles. The van der Waals surface area contributed by atoms with Gasteiger partial charge < -0.3 is 13.9 Å². The van der Waals surface area contributed by atoms with Crippen molar-refractivity contribution in [3.63, 3.8) is 0 Å². The van der Waals surface area contributed by atoms with E-state index in [-0.39, 0.29) is 31.6 Å². The molecule has 3 aromatic heterocycles. The summed E-state index contributed by atoms with van der Waals surface area (Å²) >= 11 is 0. The Hall–Kier alpha value is -3.99. The largest absolute Gasteiger partial charge is 0.512 e. The monoisotopic (exact) mass is 681 g/mol. The van der Waals surface area contributed by atoms with Gasteiger partial charge in [0.05, 0.1) is 16.9 Å². The summed E-state index contributed by atoms with van der Waals surface area (Å²) in [6.45, 7) is 7.05. The molecule has 6 rings (SSSR count). The second-order valence-electron chi connectivity index (χ2n) is 9.05. The Morgan fingerprint density at radius 2 is 1.63 bits per heavy atom. The quantitative estimate of drug-likeness (QED) is 0.115. The first-order valence-corrected chi connectivity index (χ1v) is 12.0. The molecule has 0 atom stereocenters. The molecule has 6 aromatic rings. The van der Waals surface area contributed by atoms with Gasteiger partial charge in [-0.15, -0.1) is 18.2 Å². The van der Waals surface area contributed by atoms with Gasteiger partial charge in [0.25, 0.3) is 0 Å². The molecular formula is C32H26IrNO4-. The van der Waals surface area contributed by atoms with Crippen LogP contribution in [0.2, 0.25) is 0 Å². The standard InChI is InChI=1S/C27H18NO2.C5H8O2.Ir/c1-16-7-5-8-17(2)26(16)25-15-22-24(29-25)14-13-21(28-22)20-11-6-10-19-18-9-3-4-12-23(18)30-27(19)20;1-4(6)3-5(2)7;/h3-10,12-15H,1-2H3;3,6H,1-2H3;/q-1;;/b;4-3-;. The van der Waals surface area contributed by atoms with E-state index in [9.17, 15) is 4.79 Å². The number of allylic oxidation sites excluding steroid dienone is 2. The van der Waals surface area contributed by atoms with Crippen LogP contribution in [0.5, 0.6) is 0 Å². The van der Waals surface area contributed by atoms with E-state index >= 15 is 0 Å². The van der Waals surface area contributed by atoms with Crippen LogP contribution in [0.15, 0.2) is 93.5 Å². The van der Waals surface area contributed by atoms with E-state index in [1.165, 1.54) is 31.1 Å². The Bertz CT molecular complexity index is 1790. The van der Waals surface area contributed by atoms with E-state index in [1.54, 1.807) is 0 Å². The molecule has 38 heavy (non-hydrogen) atoms. The van der Waals surface area contributed by atoms with Gasteiger partial charge in [0.1, 0.15) is 11.3 Å². The average molecular weight is 681 g/mol. The number of pyridine rings is 1. The molecule has 0 amide bonds. The van der Waals surface area contributed by atoms with E-state index in [0.717, 1.165) is 55.6 Å². The summed E-state index contributed by atoms with van der Waals surface area (Å²) < 4.78 is 12.3. The molecule has 3 heterocycles. The maximum atomic E-state index is 10.0. The third-order valence-electron chi connectivity index (χ3n) is 6.11. The Morgan fingerprint density at radius 1 is 0.895 bits per heavy atom. The number of aromatic nitrogens is 1. The number of hydrogen-bond donors (Lipinski definition) is 1. The van der Waals surface area contributed by atoms with Crippen LogP contribution in [0.4, 0.5) is 0 Å². The molecule has 5 nitrogen and oxygen atoms in total. The molecule has 0 saturated heterocycles. The molecule has 193 valence electrons. The molecule has 1 radical (unpaired) electrons. The molecule has 0 fully saturated rings. The summed E-state index contributed by atoms with van der Waals surface area (Å²) in [7, 11) is 0. The van der Waals surface area contributed by atoms with Gasteiger partial charge >= 0.3 is 0 Å². The maximum Gasteiger partial charge on any atom is 0.155 e. The summed E-state index contributed by atoms with van der Waals surface area (Å²) in [6, 6.07) is 27.6. The predicted octanol–water partition coefficient (Wildman–Crippen LogP) is 8.51. The average Bonchev–Trinajstić information content (AvgIpc) is 3.44. The van der Waals surface area contributed by atoms with Gasteiger partial charge in [-0.05, 0) is 56.6 Å². The summed E-state index contributed by atoms with van der Waals surface area (Å²) in [5.41, 5.74) is 8.47. The van der Waals surface area contributed by atoms with Crippen LogP contribution in [-0.4, -0.2) is 15.9 Å². The number of rotatable bonds is 3. The second kappa shape index (κ2) is 11.2. The van der Waals surface area contributed by atoms with E-state index in [0.29, 0.717) is 0 Å². The van der Waals surface area contributed by atoms with Crippen molar-refractivity contribution >= 4 is 38.8 Å². The topological polar surface area (TPSA) is 76.5 Å². The molecule has 0 aliphatic rings. The molecule has 0 spiro atoms. The van der Waals surface area contributed by atoms with Crippen molar-refractivity contribution in [3.05, 3.63) is 102 Å². The number of para-hydroxylation sites is 1. The molecule has 0 aliphatic carbocycles. The molecule has 3 aromatic carbocycles. The molecule has 0 bridgehead atoms. The van der Waals surface area contributed by atoms with E-state index < -0.39 is 0 Å². The maximum absolute atomic E-state index is 10.0. The van der Waals surface area contributed by atoms with Crippen LogP contribution < -0.4 is 0 Å². The molecule has 0 saturated carbocycles. The first kappa shape index (κ1) is 27.1. The zero-order valence-corrected chi connectivity index (χ0v) is 23.9. The van der Waals surface area contributed by atoms with Gasteiger partial charge in [-0.3, -0.25) is 9.78 Å². The van der Waals surface area contributed by atoms with E-state index in [4.69, 9.17) is 18.9 Å². The van der Waals surface area contributed by atoms with Crippen LogP contribution in [0.3, 0.4) is 0 Å². The summed E-state index contributed by atoms with van der Waals surface area (Å²) in [5, 5.41) is 10.5. The van der Waals surface area contributed by atoms with Crippen molar-refractivity contribution in [1.29, 1.82) is 0 Å². The Labute approximate surface area is 234 Å². The predicted molar refractivity (Wildman–Crippen MR) is 148 cm³/mol. The number of aliphatic hydroxyl groups is 1. The van der Waals surface area contributed by atoms with Crippen molar-refractivity contribution in [2.45, 2.75) is 27.7 Å². The van der Waals surface area contributed by atoms with Crippen LogP contribution >= 0.6 is 0 Å². The van der Waals surface area contributed by atoms with Crippen LogP contribution in [0.25, 0.3) is 55.6 Å². The fraction of sp³-hybridized carbons (Fsp3) is 0.125. The van der Waals surface area contributed by atoms with Crippen molar-refractivity contribution in [2.75, 3.05) is 0 Å². The third kappa shape index (κ3) is 5.33. The minimum absolute atomic E-state index is 0. The summed E-state index contributed by atoms with van der Waals surface area (Å²) in [4.78, 5) is 14.9. The van der Waals surface area contributed by atoms with Gasteiger partial charge in [0.2, 0.25) is 0 Å². The minimum atomic E-state index is -0.125. The van der Waals surface area contributed by atoms with Gasteiger partial charge in [-0.2, -0.15) is 0 Å². The normalized spacial score (nSPS) is 11.3. The fourth-order valence-electron chi connectivity index (χ4n) is 4.56. The van der Waals surface area contributed by atoms with Gasteiger partial charge in [-0.25, -0.2) is 0 Å². The molecule has 0 unspecified atom stereocenters. The van der Waals surface area contributed by atoms with Crippen LogP contribution in [0, 0.1) is 19.9 Å². The first-order chi connectivity index (χ1) is 17.8. The third-order valence-corrected chi connectivity index (χ3v) is 6.11. The smallest absolute Gasteiger partial charge is 0.155 e. The second-order valence-corrected chi connectivity index (χ2v) is 9.05. The number of benzene rings is 3. The van der Waals surface area contributed by atoms with Crippen molar-refractivity contribution < 1.29 is 38.8 Å². The van der Waals surface area contributed by atoms with Crippen LogP contribution in [0.1, 0.15) is 25.0 Å². The Balaban J connectivity index is 0.000000375. The first-order valence-electron chi connectivity index (χ1n) is 12.0. The molecule has 1 N–H and O–H groups in total. The number of furan rings is 2. The summed E-state index contributed by atoms with van der Waals surface area (Å²) in [6.07, 6.45) is 1.17. The van der Waals surface area contributed by atoms with E-state index in [2.05, 4.69) is 44.2 Å². The van der Waals surface area contributed by atoms with E-state index in [1.807, 2.05) is 48.5 Å².